The number of rotatable bonds is 10. The third kappa shape index (κ3) is 6.49. The summed E-state index contributed by atoms with van der Waals surface area (Å²) in [6.45, 7) is 0.0694. The van der Waals surface area contributed by atoms with E-state index in [9.17, 15) is 18.0 Å². The molecule has 0 aromatic heterocycles. The van der Waals surface area contributed by atoms with Gasteiger partial charge in [-0.2, -0.15) is 0 Å². The fourth-order valence-corrected chi connectivity index (χ4v) is 7.44. The molecular weight excluding hydrogens is 516 g/mol. The molecule has 0 heterocycles. The number of hydrogen-bond acceptors (Lipinski definition) is 5. The van der Waals surface area contributed by atoms with Crippen LogP contribution in [0.3, 0.4) is 0 Å². The van der Waals surface area contributed by atoms with E-state index in [-0.39, 0.29) is 6.61 Å². The molecule has 0 bridgehead atoms. The maximum absolute atomic E-state index is 13.0. The monoisotopic (exact) mass is 540 g/mol. The zero-order chi connectivity index (χ0) is 22.1. The molecular formula is C21H24F3IO5. The number of halogens is 4. The first-order chi connectivity index (χ1) is 14.3. The Balaban J connectivity index is 2.57. The fraction of sp³-hybridized carbons (Fsp3) is 0.381. The molecule has 0 aliphatic heterocycles. The van der Waals surface area contributed by atoms with Crippen LogP contribution in [0.25, 0.3) is 0 Å². The van der Waals surface area contributed by atoms with Gasteiger partial charge in [-0.05, 0) is 0 Å². The number of carbonyl (C=O) groups excluding carboxylic acids is 1. The van der Waals surface area contributed by atoms with Gasteiger partial charge in [0, 0.05) is 0 Å². The topological polar surface area (TPSA) is 65.0 Å². The second-order valence-corrected chi connectivity index (χ2v) is 10.4. The van der Waals surface area contributed by atoms with Crippen molar-refractivity contribution in [3.63, 3.8) is 0 Å². The van der Waals surface area contributed by atoms with Crippen molar-refractivity contribution in [3.8, 4) is 11.5 Å². The predicted molar refractivity (Wildman–Crippen MR) is 114 cm³/mol. The molecule has 0 atom stereocenters. The SMILES string of the molecule is COc1cc(CCCCCO)c(I(OC(=O)C(F)(F)F)c2ccccc2)c(OC)c1. The van der Waals surface area contributed by atoms with E-state index in [0.29, 0.717) is 43.5 Å². The molecule has 5 nitrogen and oxygen atoms in total. The first-order valence-electron chi connectivity index (χ1n) is 9.22. The summed E-state index contributed by atoms with van der Waals surface area (Å²) in [5.74, 6) is -1.38. The van der Waals surface area contributed by atoms with Gasteiger partial charge < -0.3 is 0 Å². The molecule has 0 saturated carbocycles. The second-order valence-electron chi connectivity index (χ2n) is 6.24. The van der Waals surface area contributed by atoms with Crippen LogP contribution in [0.5, 0.6) is 11.5 Å². The number of methoxy groups -OCH3 is 2. The van der Waals surface area contributed by atoms with Gasteiger partial charge in [-0.25, -0.2) is 0 Å². The number of ether oxygens (including phenoxy) is 2. The van der Waals surface area contributed by atoms with Gasteiger partial charge in [-0.3, -0.25) is 0 Å². The van der Waals surface area contributed by atoms with E-state index in [1.165, 1.54) is 14.2 Å². The van der Waals surface area contributed by atoms with Crippen molar-refractivity contribution in [1.82, 2.24) is 0 Å². The molecule has 9 heteroatoms. The fourth-order valence-electron chi connectivity index (χ4n) is 2.71. The molecule has 0 aliphatic rings. The van der Waals surface area contributed by atoms with Crippen LogP contribution in [0.1, 0.15) is 24.8 Å². The summed E-state index contributed by atoms with van der Waals surface area (Å²) in [7, 11) is 2.90. The molecule has 30 heavy (non-hydrogen) atoms. The van der Waals surface area contributed by atoms with Crippen LogP contribution in [0, 0.1) is 7.14 Å². The Kier molecular flexibility index (Phi) is 9.22. The number of unbranched alkanes of at least 4 members (excludes halogenated alkanes) is 2. The summed E-state index contributed by atoms with van der Waals surface area (Å²) >= 11 is -3.32. The van der Waals surface area contributed by atoms with E-state index < -0.39 is 32.4 Å². The van der Waals surface area contributed by atoms with E-state index in [0.717, 1.165) is 6.42 Å². The molecule has 1 N–H and O–H groups in total. The quantitative estimate of drug-likeness (QED) is 0.341. The Morgan fingerprint density at radius 2 is 1.73 bits per heavy atom. The predicted octanol–water partition coefficient (Wildman–Crippen LogP) is 4.98. The van der Waals surface area contributed by atoms with Gasteiger partial charge in [0.05, 0.1) is 0 Å². The molecule has 0 fully saturated rings. The Bertz CT molecular complexity index is 827. The van der Waals surface area contributed by atoms with E-state index >= 15 is 0 Å². The number of benzene rings is 2. The standard InChI is InChI=1S/C21H24F3IO5/c1-28-17-13-15(9-5-4-8-12-26)19(18(14-17)29-2)25(16-10-6-3-7-11-16)30-20(27)21(22,23)24/h3,6-7,10-11,13-14,26H,4-5,8-9,12H2,1-2H3. The van der Waals surface area contributed by atoms with Crippen molar-refractivity contribution in [2.75, 3.05) is 20.8 Å². The van der Waals surface area contributed by atoms with Crippen LogP contribution in [0.2, 0.25) is 0 Å². The molecule has 0 unspecified atom stereocenters. The van der Waals surface area contributed by atoms with Crippen LogP contribution in [-0.2, 0) is 14.3 Å². The van der Waals surface area contributed by atoms with Crippen LogP contribution in [0.4, 0.5) is 13.2 Å². The van der Waals surface area contributed by atoms with Crippen molar-refractivity contribution >= 4 is 26.2 Å². The summed E-state index contributed by atoms with van der Waals surface area (Å²) in [4.78, 5) is 11.8. The average Bonchev–Trinajstić information content (AvgIpc) is 2.74. The zero-order valence-corrected chi connectivity index (χ0v) is 18.8. The van der Waals surface area contributed by atoms with E-state index in [1.54, 1.807) is 42.5 Å². The van der Waals surface area contributed by atoms with Crippen LogP contribution in [0.15, 0.2) is 42.5 Å². The van der Waals surface area contributed by atoms with Gasteiger partial charge in [-0.15, -0.1) is 0 Å². The first-order valence-corrected chi connectivity index (χ1v) is 12.3. The van der Waals surface area contributed by atoms with E-state index in [4.69, 9.17) is 17.6 Å². The van der Waals surface area contributed by atoms with Crippen molar-refractivity contribution in [3.05, 3.63) is 55.2 Å². The molecule has 2 aromatic carbocycles. The van der Waals surface area contributed by atoms with Gasteiger partial charge in [-0.1, -0.05) is 0 Å². The summed E-state index contributed by atoms with van der Waals surface area (Å²) in [5, 5.41) is 9.00. The Labute approximate surface area is 181 Å². The van der Waals surface area contributed by atoms with Crippen molar-refractivity contribution in [1.29, 1.82) is 0 Å². The Morgan fingerprint density at radius 3 is 2.30 bits per heavy atom. The molecule has 166 valence electrons. The molecule has 2 rings (SSSR count). The summed E-state index contributed by atoms with van der Waals surface area (Å²) < 4.78 is 55.9. The number of aryl methyl sites for hydroxylation is 1. The second kappa shape index (κ2) is 11.4. The number of alkyl halides is 3. The minimum absolute atomic E-state index is 0.0694. The number of carbonyl (C=O) groups is 1. The van der Waals surface area contributed by atoms with Gasteiger partial charge in [0.25, 0.3) is 0 Å². The molecule has 0 saturated heterocycles. The number of hydrogen-bond donors (Lipinski definition) is 1. The normalized spacial score (nSPS) is 11.7. The van der Waals surface area contributed by atoms with Gasteiger partial charge in [0.2, 0.25) is 0 Å². The van der Waals surface area contributed by atoms with Crippen molar-refractivity contribution in [2.24, 2.45) is 0 Å². The summed E-state index contributed by atoms with van der Waals surface area (Å²) in [6, 6.07) is 11.8. The van der Waals surface area contributed by atoms with E-state index in [1.807, 2.05) is 0 Å². The molecule has 0 radical (unpaired) electrons. The molecule has 0 aliphatic carbocycles. The number of aliphatic hydroxyl groups is 1. The van der Waals surface area contributed by atoms with Crippen molar-refractivity contribution < 1.29 is 35.6 Å². The molecule has 0 amide bonds. The van der Waals surface area contributed by atoms with Crippen LogP contribution < -0.4 is 9.47 Å². The summed E-state index contributed by atoms with van der Waals surface area (Å²) in [6.07, 6.45) is -2.49. The van der Waals surface area contributed by atoms with Crippen molar-refractivity contribution in [2.45, 2.75) is 31.9 Å². The van der Waals surface area contributed by atoms with Crippen LogP contribution in [-0.4, -0.2) is 38.1 Å². The van der Waals surface area contributed by atoms with Gasteiger partial charge in [0.15, 0.2) is 0 Å². The summed E-state index contributed by atoms with van der Waals surface area (Å²) in [5.41, 5.74) is 0.716. The maximum atomic E-state index is 13.0. The molecule has 2 aromatic rings. The van der Waals surface area contributed by atoms with E-state index in [2.05, 4.69) is 0 Å². The van der Waals surface area contributed by atoms with Gasteiger partial charge >= 0.3 is 181 Å². The number of aliphatic hydroxyl groups excluding tert-OH is 1. The van der Waals surface area contributed by atoms with Crippen LogP contribution >= 0.6 is 20.2 Å². The van der Waals surface area contributed by atoms with Gasteiger partial charge in [0.1, 0.15) is 0 Å². The first kappa shape index (κ1) is 24.3. The zero-order valence-electron chi connectivity index (χ0n) is 16.7. The average molecular weight is 540 g/mol. The third-order valence-electron chi connectivity index (χ3n) is 4.13. The molecule has 0 spiro atoms. The Hall–Kier alpha value is -2.01. The third-order valence-corrected chi connectivity index (χ3v) is 9.02. The Morgan fingerprint density at radius 1 is 1.03 bits per heavy atom. The minimum atomic E-state index is -5.09.